The number of carbonyl (C=O) groups excluding carboxylic acids is 5. The van der Waals surface area contributed by atoms with Gasteiger partial charge in [-0.1, -0.05) is 235 Å². The third-order valence-electron chi connectivity index (χ3n) is 17.2. The summed E-state index contributed by atoms with van der Waals surface area (Å²) < 4.78 is 49.2. The molecule has 2 atom stereocenters. The molecule has 3 N–H and O–H groups in total. The lowest BCUT2D eigenvalue weighted by atomic mass is 10.0. The van der Waals surface area contributed by atoms with Crippen molar-refractivity contribution >= 4 is 80.4 Å². The Morgan fingerprint density at radius 1 is 0.604 bits per heavy atom. The molecule has 4 amide bonds. The maximum absolute atomic E-state index is 15.9. The zero-order chi connectivity index (χ0) is 65.0. The van der Waals surface area contributed by atoms with Crippen LogP contribution < -0.4 is 20.7 Å². The number of quaternary nitrogens is 1. The van der Waals surface area contributed by atoms with Crippen LogP contribution in [0.4, 0.5) is 8.96 Å². The Balaban J connectivity index is 1.12. The van der Waals surface area contributed by atoms with Crippen LogP contribution in [0.25, 0.3) is 11.3 Å². The van der Waals surface area contributed by atoms with Gasteiger partial charge in [-0.25, -0.2) is 0 Å². The minimum absolute atomic E-state index is 0.0306. The van der Waals surface area contributed by atoms with Gasteiger partial charge in [0.15, 0.2) is 5.78 Å². The second-order valence-electron chi connectivity index (χ2n) is 25.0. The van der Waals surface area contributed by atoms with Crippen molar-refractivity contribution in [1.29, 1.82) is 0 Å². The number of rotatable bonds is 56. The van der Waals surface area contributed by atoms with E-state index in [-0.39, 0.29) is 49.6 Å². The van der Waals surface area contributed by atoms with Gasteiger partial charge >= 0.3 is 5.84 Å². The van der Waals surface area contributed by atoms with Crippen molar-refractivity contribution in [3.05, 3.63) is 87.7 Å². The molecule has 0 fully saturated rings. The Kier molecular flexibility index (Phi) is 40.0. The summed E-state index contributed by atoms with van der Waals surface area (Å²) in [6, 6.07) is 8.30. The van der Waals surface area contributed by atoms with Crippen LogP contribution in [-0.4, -0.2) is 121 Å². The van der Waals surface area contributed by atoms with Crippen LogP contribution >= 0.6 is 33.9 Å². The van der Waals surface area contributed by atoms with Crippen LogP contribution in [0.1, 0.15) is 249 Å². The Morgan fingerprint density at radius 3 is 1.58 bits per heavy atom. The summed E-state index contributed by atoms with van der Waals surface area (Å²) in [6.07, 6.45) is 46.4. The standard InChI is InChI=1S/C73H111F2IN6O8S/c1-3-5-7-9-11-13-15-17-19-21-23-25-27-29-31-33-45-81(46-34-32-30-28-26-24-22-20-18-16-14-12-10-8-6-4-2)73(87)65(41-42-69(84)77-43-47-88-49-50-89-48-44-78-71(86)57-76)79-70(85)56-63(83)58-90-64-39-37-59(38-40-64)66-54-62-53-60-52-61(68-36-35-51-91-68)55-67(60)82(74,75)72(62)80-66/h35-40,51-55,65,67H,3-34,41-50,56-58H2,1-2H3,(H2-,77,78,79,84,85,86)/p+1/t65-,67?/m1/s1. The highest BCUT2D eigenvalue weighted by Crippen LogP contribution is 2.44. The summed E-state index contributed by atoms with van der Waals surface area (Å²) in [5.41, 5.74) is 2.64. The molecular formula is C73H112F2IN6O8S+. The number of aliphatic imine (C=N–C) groups is 1. The molecule has 1 unspecified atom stereocenters. The maximum atomic E-state index is 15.9. The Bertz CT molecular complexity index is 2540. The topological polar surface area (TPSA) is 165 Å². The van der Waals surface area contributed by atoms with Crippen molar-refractivity contribution < 1.29 is 52.1 Å². The van der Waals surface area contributed by atoms with Gasteiger partial charge in [0.05, 0.1) is 57.5 Å². The highest BCUT2D eigenvalue weighted by Gasteiger charge is 2.55. The molecule has 0 saturated heterocycles. The first-order chi connectivity index (χ1) is 44.4. The highest BCUT2D eigenvalue weighted by molar-refractivity contribution is 14.1. The van der Waals surface area contributed by atoms with Gasteiger partial charge in [0.1, 0.15) is 23.3 Å². The van der Waals surface area contributed by atoms with E-state index in [4.69, 9.17) is 14.2 Å². The van der Waals surface area contributed by atoms with E-state index in [1.54, 1.807) is 42.5 Å². The monoisotopic (exact) mass is 1400 g/mol. The molecule has 14 nitrogen and oxygen atoms in total. The van der Waals surface area contributed by atoms with Gasteiger partial charge in [-0.15, -0.1) is 11.3 Å². The fourth-order valence-corrected chi connectivity index (χ4v) is 12.9. The van der Waals surface area contributed by atoms with Crippen molar-refractivity contribution in [3.63, 3.8) is 0 Å². The predicted molar refractivity (Wildman–Crippen MR) is 375 cm³/mol. The number of hydrogen-bond acceptors (Lipinski definition) is 10. The van der Waals surface area contributed by atoms with Crippen molar-refractivity contribution in [2.24, 2.45) is 4.99 Å². The number of benzene rings is 1. The van der Waals surface area contributed by atoms with Gasteiger partial charge in [0.2, 0.25) is 29.7 Å². The average Bonchev–Trinajstić information content (AvgIpc) is 1.62. The summed E-state index contributed by atoms with van der Waals surface area (Å²) in [5, 5.41) is 10.4. The summed E-state index contributed by atoms with van der Waals surface area (Å²) >= 11 is 3.51. The number of carbonyl (C=O) groups is 5. The second-order valence-corrected chi connectivity index (χ2v) is 26.7. The molecule has 1 aliphatic carbocycles. The number of halogens is 3. The van der Waals surface area contributed by atoms with Gasteiger partial charge in [0.25, 0.3) is 0 Å². The lowest BCUT2D eigenvalue weighted by Crippen LogP contribution is -2.50. The summed E-state index contributed by atoms with van der Waals surface area (Å²) in [5.74, 6) is -1.69. The molecule has 5 rings (SSSR count). The third kappa shape index (κ3) is 31.4. The number of alkyl halides is 1. The Hall–Kier alpha value is -4.63. The molecule has 0 saturated carbocycles. The van der Waals surface area contributed by atoms with Gasteiger partial charge < -0.3 is 35.1 Å². The Morgan fingerprint density at radius 2 is 1.10 bits per heavy atom. The molecule has 3 aliphatic rings. The van der Waals surface area contributed by atoms with E-state index >= 15 is 8.96 Å². The zero-order valence-electron chi connectivity index (χ0n) is 55.5. The number of unbranched alkanes of at least 4 members (excludes halogenated alkanes) is 30. The number of amidine groups is 1. The molecule has 0 bridgehead atoms. The van der Waals surface area contributed by atoms with Crippen LogP contribution in [0.2, 0.25) is 0 Å². The molecule has 3 heterocycles. The first-order valence-electron chi connectivity index (χ1n) is 35.3. The molecule has 508 valence electrons. The number of amides is 4. The minimum Gasteiger partial charge on any atom is -0.486 e. The van der Waals surface area contributed by atoms with Gasteiger partial charge in [-0.3, -0.25) is 24.0 Å². The predicted octanol–water partition coefficient (Wildman–Crippen LogP) is 17.1. The van der Waals surface area contributed by atoms with Crippen molar-refractivity contribution in [2.45, 2.75) is 251 Å². The fourth-order valence-electron chi connectivity index (χ4n) is 11.9. The smallest absolute Gasteiger partial charge is 0.316 e. The van der Waals surface area contributed by atoms with Crippen LogP contribution in [0, 0.1) is 0 Å². The SMILES string of the molecule is CCCCCCCCCCCCCCCCCCN(CCCCCCCCCCCCCCCCCC)C(=O)[C@@H](CCC(=O)NCCOCCOCCNC(=O)CI)NC(=O)CC(=O)COc1ccc(C2=CC3=CC4=CC(c5cccs5)=CC4[N+](F)(F)C3=N2)cc1. The van der Waals surface area contributed by atoms with E-state index in [1.807, 2.05) is 51.1 Å². The van der Waals surface area contributed by atoms with E-state index < -0.39 is 41.7 Å². The fraction of sp³-hybridized carbons (Fsp3) is 0.671. The Labute approximate surface area is 562 Å². The molecule has 1 aromatic carbocycles. The summed E-state index contributed by atoms with van der Waals surface area (Å²) in [6.45, 7) is 7.16. The number of allylic oxidation sites excluding steroid dienone is 2. The molecule has 91 heavy (non-hydrogen) atoms. The number of ketones is 1. The molecule has 0 radical (unpaired) electrons. The largest absolute Gasteiger partial charge is 0.486 e. The van der Waals surface area contributed by atoms with E-state index in [0.717, 1.165) is 49.0 Å². The number of fused-ring (bicyclic) bond motifs is 2. The molecule has 18 heteroatoms. The number of Topliss-reactive ketones (excluding diaryl/α,β-unsaturated/α-hetero) is 1. The summed E-state index contributed by atoms with van der Waals surface area (Å²) in [7, 11) is 0. The normalized spacial score (nSPS) is 15.0. The van der Waals surface area contributed by atoms with E-state index in [2.05, 4.69) is 34.8 Å². The lowest BCUT2D eigenvalue weighted by molar-refractivity contribution is -1.11. The van der Waals surface area contributed by atoms with E-state index in [9.17, 15) is 24.0 Å². The zero-order valence-corrected chi connectivity index (χ0v) is 58.4. The first kappa shape index (κ1) is 77.1. The van der Waals surface area contributed by atoms with Crippen molar-refractivity contribution in [2.75, 3.05) is 63.6 Å². The lowest BCUT2D eigenvalue weighted by Gasteiger charge is -2.28. The minimum atomic E-state index is -2.39. The van der Waals surface area contributed by atoms with Crippen LogP contribution in [0.15, 0.2) is 82.2 Å². The molecule has 0 spiro atoms. The van der Waals surface area contributed by atoms with E-state index in [1.165, 1.54) is 178 Å². The highest BCUT2D eigenvalue weighted by atomic mass is 127. The number of nitrogens with one attached hydrogen (secondary N) is 3. The average molecular weight is 1400 g/mol. The molecule has 2 aliphatic heterocycles. The second kappa shape index (κ2) is 47.3. The van der Waals surface area contributed by atoms with Crippen LogP contribution in [0.5, 0.6) is 5.75 Å². The number of thiophene rings is 1. The number of ether oxygens (including phenoxy) is 3. The molecule has 1 aromatic heterocycles. The first-order valence-corrected chi connectivity index (χ1v) is 37.7. The number of nitrogens with zero attached hydrogens (tertiary/aromatic N) is 3. The van der Waals surface area contributed by atoms with E-state index in [0.29, 0.717) is 72.0 Å². The third-order valence-corrected chi connectivity index (χ3v) is 18.9. The van der Waals surface area contributed by atoms with Crippen molar-refractivity contribution in [1.82, 2.24) is 20.9 Å². The quantitative estimate of drug-likeness (QED) is 0.0194. The van der Waals surface area contributed by atoms with Gasteiger partial charge in [0, 0.05) is 48.6 Å². The molecule has 2 aromatic rings. The van der Waals surface area contributed by atoms with Gasteiger partial charge in [-0.05, 0) is 84.9 Å². The maximum Gasteiger partial charge on any atom is 0.316 e. The van der Waals surface area contributed by atoms with Crippen LogP contribution in [0.3, 0.4) is 0 Å². The van der Waals surface area contributed by atoms with Crippen molar-refractivity contribution in [3.8, 4) is 5.75 Å². The van der Waals surface area contributed by atoms with Crippen LogP contribution in [-0.2, 0) is 33.4 Å². The summed E-state index contributed by atoms with van der Waals surface area (Å²) in [4.78, 5) is 71.4. The number of hydrogen-bond donors (Lipinski definition) is 3. The van der Waals surface area contributed by atoms with Gasteiger partial charge in [-0.2, -0.15) is 4.99 Å². The molecular weight excluding hydrogens is 1290 g/mol.